The summed E-state index contributed by atoms with van der Waals surface area (Å²) >= 11 is 6.31. The Bertz CT molecular complexity index is 1800. The van der Waals surface area contributed by atoms with Crippen molar-refractivity contribution in [1.29, 1.82) is 0 Å². The van der Waals surface area contributed by atoms with Crippen molar-refractivity contribution in [2.45, 2.75) is 62.8 Å². The second-order valence-electron chi connectivity index (χ2n) is 14.5. The first kappa shape index (κ1) is 34.1. The number of piperidine rings is 4. The summed E-state index contributed by atoms with van der Waals surface area (Å²) < 4.78 is 1.23. The van der Waals surface area contributed by atoms with Crippen molar-refractivity contribution < 1.29 is 14.4 Å². The Morgan fingerprint density at radius 1 is 0.920 bits per heavy atom. The highest BCUT2D eigenvalue weighted by Crippen LogP contribution is 2.42. The topological polar surface area (TPSA) is 146 Å². The molecule has 7 rings (SSSR count). The second kappa shape index (κ2) is 14.1. The van der Waals surface area contributed by atoms with E-state index in [9.17, 15) is 19.2 Å². The number of likely N-dealkylation sites (tertiary alicyclic amines) is 2. The number of halogens is 1. The van der Waals surface area contributed by atoms with E-state index in [2.05, 4.69) is 54.7 Å². The molecule has 0 aliphatic carbocycles. The quantitative estimate of drug-likeness (QED) is 0.368. The molecule has 50 heavy (non-hydrogen) atoms. The highest BCUT2D eigenvalue weighted by molar-refractivity contribution is 6.32. The number of imide groups is 1. The Kier molecular flexibility index (Phi) is 9.62. The van der Waals surface area contributed by atoms with E-state index in [4.69, 9.17) is 11.6 Å². The fraction of sp³-hybridized carbons (Fsp3) is 0.528. The maximum absolute atomic E-state index is 13.6. The second-order valence-corrected chi connectivity index (χ2v) is 14.9. The van der Waals surface area contributed by atoms with Gasteiger partial charge in [0.15, 0.2) is 0 Å². The molecule has 4 aliphatic heterocycles. The first-order valence-electron chi connectivity index (χ1n) is 17.5. The number of nitrogens with zero attached hydrogens (tertiary/aromatic N) is 7. The highest BCUT2D eigenvalue weighted by atomic mass is 35.5. The van der Waals surface area contributed by atoms with Crippen molar-refractivity contribution in [3.8, 4) is 0 Å². The lowest BCUT2D eigenvalue weighted by Gasteiger charge is -2.46. The van der Waals surface area contributed by atoms with Gasteiger partial charge >= 0.3 is 0 Å². The van der Waals surface area contributed by atoms with Crippen LogP contribution >= 0.6 is 11.6 Å². The standard InChI is InChI=1S/C36H44ClN9O4/c1-43-21-25(17-27(22-43)41-29-20-40-44(2)34(50)31(29)37)23-3-5-24(6-4-23)33(49)45-13-9-36(10-14-45)11-15-46(16-12-36)35-38-18-26(19-39-35)28-7-8-30(47)42-32(28)48/h3-6,18-20,25,27-28,41H,7-17,21-22H2,1-2H3,(H,42,47,48)/t25-,27+,28?/m1/s1. The fourth-order valence-electron chi connectivity index (χ4n) is 8.13. The first-order valence-corrected chi connectivity index (χ1v) is 17.9. The zero-order chi connectivity index (χ0) is 35.0. The number of aryl methyl sites for hydroxylation is 1. The van der Waals surface area contributed by atoms with Crippen molar-refractivity contribution in [2.75, 3.05) is 56.5 Å². The minimum atomic E-state index is -0.384. The highest BCUT2D eigenvalue weighted by Gasteiger charge is 2.39. The van der Waals surface area contributed by atoms with E-state index in [1.165, 1.54) is 10.2 Å². The molecule has 14 heteroatoms. The molecule has 1 spiro atoms. The molecule has 3 aromatic rings. The maximum atomic E-state index is 13.6. The van der Waals surface area contributed by atoms with E-state index in [1.54, 1.807) is 25.6 Å². The first-order chi connectivity index (χ1) is 24.1. The fourth-order valence-corrected chi connectivity index (χ4v) is 8.35. The Morgan fingerprint density at radius 3 is 2.28 bits per heavy atom. The summed E-state index contributed by atoms with van der Waals surface area (Å²) in [5.41, 5.74) is 3.09. The molecule has 264 valence electrons. The SMILES string of the molecule is CN1C[C@@H](Nc2cnn(C)c(=O)c2Cl)C[C@@H](c2ccc(C(=O)N3CCC4(CC3)CCN(c3ncc(C5CCC(=O)NC5=O)cn3)CC4)cc2)C1. The van der Waals surface area contributed by atoms with Crippen molar-refractivity contribution in [3.05, 3.63) is 74.9 Å². The molecule has 3 atom stereocenters. The number of benzene rings is 1. The number of carbonyl (C=O) groups is 3. The smallest absolute Gasteiger partial charge is 0.287 e. The van der Waals surface area contributed by atoms with Crippen LogP contribution in [0.25, 0.3) is 0 Å². The maximum Gasteiger partial charge on any atom is 0.287 e. The summed E-state index contributed by atoms with van der Waals surface area (Å²) in [6.45, 7) is 4.93. The van der Waals surface area contributed by atoms with Gasteiger partial charge in [-0.15, -0.1) is 0 Å². The predicted octanol–water partition coefficient (Wildman–Crippen LogP) is 3.17. The Balaban J connectivity index is 0.901. The van der Waals surface area contributed by atoms with Crippen LogP contribution in [0.2, 0.25) is 5.02 Å². The van der Waals surface area contributed by atoms with Crippen LogP contribution in [0, 0.1) is 5.41 Å². The molecule has 2 N–H and O–H groups in total. The van der Waals surface area contributed by atoms with Gasteiger partial charge in [-0.3, -0.25) is 24.5 Å². The number of nitrogens with one attached hydrogen (secondary N) is 2. The number of amides is 3. The molecule has 3 amide bonds. The van der Waals surface area contributed by atoms with E-state index in [-0.39, 0.29) is 51.6 Å². The van der Waals surface area contributed by atoms with Gasteiger partial charge in [0, 0.05) is 82.3 Å². The van der Waals surface area contributed by atoms with E-state index < -0.39 is 0 Å². The number of hydrogen-bond acceptors (Lipinski definition) is 10. The van der Waals surface area contributed by atoms with Gasteiger partial charge in [-0.2, -0.15) is 5.10 Å². The molecule has 4 saturated heterocycles. The molecule has 0 saturated carbocycles. The molecule has 1 aromatic carbocycles. The van der Waals surface area contributed by atoms with E-state index in [0.717, 1.165) is 76.9 Å². The van der Waals surface area contributed by atoms with Crippen molar-refractivity contribution in [1.82, 2.24) is 34.9 Å². The summed E-state index contributed by atoms with van der Waals surface area (Å²) in [6, 6.07) is 8.19. The normalized spacial score (nSPS) is 24.3. The van der Waals surface area contributed by atoms with Crippen LogP contribution in [0.1, 0.15) is 78.3 Å². The van der Waals surface area contributed by atoms with Crippen LogP contribution in [0.15, 0.2) is 47.7 Å². The van der Waals surface area contributed by atoms with Crippen LogP contribution in [-0.4, -0.2) is 99.6 Å². The van der Waals surface area contributed by atoms with Crippen LogP contribution in [0.5, 0.6) is 0 Å². The third kappa shape index (κ3) is 7.11. The van der Waals surface area contributed by atoms with E-state index in [0.29, 0.717) is 30.0 Å². The van der Waals surface area contributed by atoms with Crippen LogP contribution in [-0.2, 0) is 16.6 Å². The molecule has 1 unspecified atom stereocenters. The van der Waals surface area contributed by atoms with Gasteiger partial charge in [0.05, 0.1) is 17.8 Å². The Labute approximate surface area is 296 Å². The molecule has 6 heterocycles. The molecule has 0 bridgehead atoms. The van der Waals surface area contributed by atoms with Crippen LogP contribution in [0.3, 0.4) is 0 Å². The summed E-state index contributed by atoms with van der Waals surface area (Å²) in [5, 5.41) is 10.1. The molecular formula is C36H44ClN9O4. The van der Waals surface area contributed by atoms with Gasteiger partial charge in [0.1, 0.15) is 5.02 Å². The Hall–Kier alpha value is -4.36. The van der Waals surface area contributed by atoms with Crippen molar-refractivity contribution in [3.63, 3.8) is 0 Å². The summed E-state index contributed by atoms with van der Waals surface area (Å²) in [5.74, 6) is 0.129. The number of hydrogen-bond donors (Lipinski definition) is 2. The van der Waals surface area contributed by atoms with Crippen molar-refractivity contribution in [2.24, 2.45) is 12.5 Å². The molecule has 13 nitrogen and oxygen atoms in total. The molecule has 4 fully saturated rings. The lowest BCUT2D eigenvalue weighted by Crippen LogP contribution is -2.48. The summed E-state index contributed by atoms with van der Waals surface area (Å²) in [6.07, 6.45) is 10.7. The van der Waals surface area contributed by atoms with Gasteiger partial charge in [-0.25, -0.2) is 14.6 Å². The minimum Gasteiger partial charge on any atom is -0.378 e. The van der Waals surface area contributed by atoms with Gasteiger partial charge in [0.2, 0.25) is 17.8 Å². The summed E-state index contributed by atoms with van der Waals surface area (Å²) in [4.78, 5) is 65.2. The van der Waals surface area contributed by atoms with E-state index >= 15 is 0 Å². The minimum absolute atomic E-state index is 0.0847. The average molecular weight is 702 g/mol. The third-order valence-corrected chi connectivity index (χ3v) is 11.6. The lowest BCUT2D eigenvalue weighted by molar-refractivity contribution is -0.134. The number of anilines is 2. The lowest BCUT2D eigenvalue weighted by atomic mass is 9.71. The molecule has 4 aliphatic rings. The monoisotopic (exact) mass is 701 g/mol. The van der Waals surface area contributed by atoms with Crippen molar-refractivity contribution >= 4 is 41.0 Å². The van der Waals surface area contributed by atoms with Gasteiger partial charge in [-0.05, 0) is 74.6 Å². The van der Waals surface area contributed by atoms with Crippen LogP contribution < -0.4 is 21.1 Å². The average Bonchev–Trinajstić information content (AvgIpc) is 3.12. The van der Waals surface area contributed by atoms with Gasteiger partial charge < -0.3 is 20.0 Å². The number of carbonyl (C=O) groups excluding carboxylic acids is 3. The Morgan fingerprint density at radius 2 is 1.60 bits per heavy atom. The van der Waals surface area contributed by atoms with Crippen LogP contribution in [0.4, 0.5) is 11.6 Å². The number of rotatable bonds is 6. The molecule has 2 aromatic heterocycles. The zero-order valence-electron chi connectivity index (χ0n) is 28.6. The predicted molar refractivity (Wildman–Crippen MR) is 189 cm³/mol. The number of likely N-dealkylation sites (N-methyl/N-ethyl adjacent to an activating group) is 1. The van der Waals surface area contributed by atoms with E-state index in [1.807, 2.05) is 17.0 Å². The largest absolute Gasteiger partial charge is 0.378 e. The summed E-state index contributed by atoms with van der Waals surface area (Å²) in [7, 11) is 3.67. The number of aromatic nitrogens is 4. The molecule has 0 radical (unpaired) electrons. The third-order valence-electron chi connectivity index (χ3n) is 11.2. The zero-order valence-corrected chi connectivity index (χ0v) is 29.4. The molecular weight excluding hydrogens is 658 g/mol. The van der Waals surface area contributed by atoms with Gasteiger partial charge in [0.25, 0.3) is 11.5 Å². The van der Waals surface area contributed by atoms with Gasteiger partial charge in [-0.1, -0.05) is 23.7 Å².